The molecule has 2 aromatic rings. The number of nitrogens with zero attached hydrogens (tertiary/aromatic N) is 1. The number of aryl methyl sites for hydroxylation is 2. The normalized spacial score (nSPS) is 10.7. The Hall–Kier alpha value is -3.15. The predicted molar refractivity (Wildman–Crippen MR) is 99.8 cm³/mol. The molecular weight excluding hydrogens is 332 g/mol. The van der Waals surface area contributed by atoms with Crippen LogP contribution in [0.25, 0.3) is 0 Å². The van der Waals surface area contributed by atoms with Crippen LogP contribution in [0.4, 0.5) is 0 Å². The molecule has 0 aliphatic heterocycles. The lowest BCUT2D eigenvalue weighted by atomic mass is 10.0. The summed E-state index contributed by atoms with van der Waals surface area (Å²) in [6, 6.07) is 12.2. The van der Waals surface area contributed by atoms with Gasteiger partial charge < -0.3 is 9.84 Å². The number of rotatable bonds is 8. The predicted octanol–water partition coefficient (Wildman–Crippen LogP) is 3.17. The highest BCUT2D eigenvalue weighted by Crippen LogP contribution is 2.18. The fourth-order valence-electron chi connectivity index (χ4n) is 2.46. The van der Waals surface area contributed by atoms with Crippen LogP contribution in [0.15, 0.2) is 47.6 Å². The van der Waals surface area contributed by atoms with Crippen LogP contribution in [0.3, 0.4) is 0 Å². The van der Waals surface area contributed by atoms with Gasteiger partial charge in [0.05, 0.1) is 18.9 Å². The number of ether oxygens (including phenoxy) is 1. The Morgan fingerprint density at radius 3 is 2.54 bits per heavy atom. The minimum Gasteiger partial charge on any atom is -0.497 e. The summed E-state index contributed by atoms with van der Waals surface area (Å²) in [5.41, 5.74) is 5.74. The monoisotopic (exact) mass is 354 g/mol. The lowest BCUT2D eigenvalue weighted by Gasteiger charge is -2.07. The highest BCUT2D eigenvalue weighted by molar-refractivity contribution is 5.89. The van der Waals surface area contributed by atoms with Gasteiger partial charge in [-0.2, -0.15) is 5.10 Å². The zero-order valence-electron chi connectivity index (χ0n) is 14.9. The Bertz CT molecular complexity index is 798. The lowest BCUT2D eigenvalue weighted by Crippen LogP contribution is -2.17. The van der Waals surface area contributed by atoms with Crippen molar-refractivity contribution in [2.45, 2.75) is 26.2 Å². The van der Waals surface area contributed by atoms with E-state index in [1.165, 1.54) is 23.9 Å². The number of aromatic carboxylic acids is 1. The second-order valence-corrected chi connectivity index (χ2v) is 5.87. The third kappa shape index (κ3) is 5.73. The van der Waals surface area contributed by atoms with Crippen LogP contribution in [0.5, 0.6) is 5.75 Å². The van der Waals surface area contributed by atoms with Crippen molar-refractivity contribution >= 4 is 18.1 Å². The van der Waals surface area contributed by atoms with Crippen molar-refractivity contribution in [3.05, 3.63) is 64.7 Å². The molecule has 0 unspecified atom stereocenters. The second-order valence-electron chi connectivity index (χ2n) is 5.87. The molecule has 0 fully saturated rings. The van der Waals surface area contributed by atoms with E-state index >= 15 is 0 Å². The van der Waals surface area contributed by atoms with Crippen molar-refractivity contribution < 1.29 is 19.4 Å². The minimum atomic E-state index is -0.978. The largest absolute Gasteiger partial charge is 0.497 e. The molecule has 0 bridgehead atoms. The summed E-state index contributed by atoms with van der Waals surface area (Å²) in [5, 5.41) is 12.7. The van der Waals surface area contributed by atoms with E-state index in [0.29, 0.717) is 12.0 Å². The number of methoxy groups -OCH3 is 1. The van der Waals surface area contributed by atoms with E-state index < -0.39 is 5.97 Å². The van der Waals surface area contributed by atoms with Gasteiger partial charge in [0.15, 0.2) is 0 Å². The van der Waals surface area contributed by atoms with Gasteiger partial charge in [0.1, 0.15) is 5.75 Å². The van der Waals surface area contributed by atoms with Gasteiger partial charge >= 0.3 is 5.97 Å². The van der Waals surface area contributed by atoms with E-state index in [-0.39, 0.29) is 11.5 Å². The van der Waals surface area contributed by atoms with Crippen LogP contribution in [0.2, 0.25) is 0 Å². The van der Waals surface area contributed by atoms with Crippen molar-refractivity contribution in [3.8, 4) is 5.75 Å². The average molecular weight is 354 g/mol. The first-order chi connectivity index (χ1) is 12.5. The first-order valence-electron chi connectivity index (χ1n) is 8.28. The van der Waals surface area contributed by atoms with Crippen molar-refractivity contribution in [3.63, 3.8) is 0 Å². The maximum atomic E-state index is 11.8. The number of carbonyl (C=O) groups excluding carboxylic acids is 1. The Labute approximate surface area is 152 Å². The van der Waals surface area contributed by atoms with Gasteiger partial charge in [0.25, 0.3) is 0 Å². The summed E-state index contributed by atoms with van der Waals surface area (Å²) >= 11 is 0. The number of benzene rings is 2. The molecule has 6 nitrogen and oxygen atoms in total. The van der Waals surface area contributed by atoms with Crippen molar-refractivity contribution in [1.82, 2.24) is 5.43 Å². The fraction of sp³-hybridized carbons (Fsp3) is 0.250. The highest BCUT2D eigenvalue weighted by Gasteiger charge is 2.04. The molecule has 0 aliphatic rings. The molecule has 2 aromatic carbocycles. The van der Waals surface area contributed by atoms with Crippen LogP contribution >= 0.6 is 0 Å². The first-order valence-corrected chi connectivity index (χ1v) is 8.28. The molecule has 0 aliphatic carbocycles. The summed E-state index contributed by atoms with van der Waals surface area (Å²) in [6.45, 7) is 2.03. The third-order valence-electron chi connectivity index (χ3n) is 3.96. The van der Waals surface area contributed by atoms with Crippen LogP contribution in [-0.2, 0) is 11.2 Å². The summed E-state index contributed by atoms with van der Waals surface area (Å²) < 4.78 is 5.18. The van der Waals surface area contributed by atoms with Gasteiger partial charge in [0, 0.05) is 6.42 Å². The second kappa shape index (κ2) is 9.36. The van der Waals surface area contributed by atoms with Crippen LogP contribution in [-0.4, -0.2) is 30.3 Å². The Morgan fingerprint density at radius 1 is 1.19 bits per heavy atom. The van der Waals surface area contributed by atoms with Crippen molar-refractivity contribution in [1.29, 1.82) is 0 Å². The summed E-state index contributed by atoms with van der Waals surface area (Å²) in [7, 11) is 1.64. The molecule has 6 heteroatoms. The molecule has 0 atom stereocenters. The number of amides is 1. The Kier molecular flexibility index (Phi) is 6.91. The van der Waals surface area contributed by atoms with E-state index in [2.05, 4.69) is 10.5 Å². The van der Waals surface area contributed by atoms with Crippen LogP contribution in [0.1, 0.15) is 39.9 Å². The molecule has 2 rings (SSSR count). The Balaban J connectivity index is 1.75. The average Bonchev–Trinajstić information content (AvgIpc) is 2.63. The summed E-state index contributed by atoms with van der Waals surface area (Å²) in [4.78, 5) is 22.6. The van der Waals surface area contributed by atoms with E-state index in [1.54, 1.807) is 19.2 Å². The standard InChI is InChI=1S/C20H22N2O4/c1-14-12-18(26-2)11-10-16(14)4-3-5-19(23)22-21-13-15-6-8-17(9-7-15)20(24)25/h6-13H,3-5H2,1-2H3,(H,22,23)(H,24,25)/b21-13-. The zero-order chi connectivity index (χ0) is 18.9. The summed E-state index contributed by atoms with van der Waals surface area (Å²) in [6.07, 6.45) is 3.39. The van der Waals surface area contributed by atoms with E-state index in [1.807, 2.05) is 25.1 Å². The Morgan fingerprint density at radius 2 is 1.92 bits per heavy atom. The molecule has 136 valence electrons. The summed E-state index contributed by atoms with van der Waals surface area (Å²) in [5.74, 6) is -0.307. The third-order valence-corrected chi connectivity index (χ3v) is 3.96. The topological polar surface area (TPSA) is 88.0 Å². The molecule has 0 aromatic heterocycles. The van der Waals surface area contributed by atoms with E-state index in [9.17, 15) is 9.59 Å². The SMILES string of the molecule is COc1ccc(CCCC(=O)N/N=C\c2ccc(C(=O)O)cc2)c(C)c1. The van der Waals surface area contributed by atoms with Crippen LogP contribution in [0, 0.1) is 6.92 Å². The zero-order valence-corrected chi connectivity index (χ0v) is 14.9. The maximum Gasteiger partial charge on any atom is 0.335 e. The number of hydrazone groups is 1. The number of carboxylic acid groups (broad SMARTS) is 1. The molecule has 0 saturated heterocycles. The number of hydrogen-bond donors (Lipinski definition) is 2. The number of carbonyl (C=O) groups is 2. The van der Waals surface area contributed by atoms with Crippen molar-refractivity contribution in [2.24, 2.45) is 5.10 Å². The molecule has 0 radical (unpaired) electrons. The molecule has 0 saturated carbocycles. The number of carboxylic acids is 1. The number of hydrogen-bond acceptors (Lipinski definition) is 4. The molecule has 1 amide bonds. The highest BCUT2D eigenvalue weighted by atomic mass is 16.5. The van der Waals surface area contributed by atoms with Gasteiger partial charge in [-0.05, 0) is 60.7 Å². The van der Waals surface area contributed by atoms with Gasteiger partial charge in [-0.25, -0.2) is 10.2 Å². The minimum absolute atomic E-state index is 0.158. The maximum absolute atomic E-state index is 11.8. The number of nitrogens with one attached hydrogen (secondary N) is 1. The van der Waals surface area contributed by atoms with Gasteiger partial charge in [0.2, 0.25) is 5.91 Å². The first kappa shape index (κ1) is 19.2. The molecular formula is C20H22N2O4. The van der Waals surface area contributed by atoms with Crippen LogP contribution < -0.4 is 10.2 Å². The quantitative estimate of drug-likeness (QED) is 0.563. The molecule has 0 spiro atoms. The van der Waals surface area contributed by atoms with Gasteiger partial charge in [-0.1, -0.05) is 18.2 Å². The lowest BCUT2D eigenvalue weighted by molar-refractivity contribution is -0.121. The molecule has 0 heterocycles. The van der Waals surface area contributed by atoms with Gasteiger partial charge in [-0.3, -0.25) is 4.79 Å². The fourth-order valence-corrected chi connectivity index (χ4v) is 2.46. The van der Waals surface area contributed by atoms with E-state index in [4.69, 9.17) is 9.84 Å². The van der Waals surface area contributed by atoms with Crippen molar-refractivity contribution in [2.75, 3.05) is 7.11 Å². The smallest absolute Gasteiger partial charge is 0.335 e. The van der Waals surface area contributed by atoms with Gasteiger partial charge in [-0.15, -0.1) is 0 Å². The molecule has 2 N–H and O–H groups in total. The van der Waals surface area contributed by atoms with E-state index in [0.717, 1.165) is 24.2 Å². The molecule has 26 heavy (non-hydrogen) atoms.